The van der Waals surface area contributed by atoms with Crippen molar-refractivity contribution in [3.8, 4) is 17.3 Å². The quantitative estimate of drug-likeness (QED) is 0.541. The Labute approximate surface area is 175 Å². The first kappa shape index (κ1) is 18.6. The van der Waals surface area contributed by atoms with Gasteiger partial charge in [-0.05, 0) is 35.4 Å². The Bertz CT molecular complexity index is 1300. The number of imidazole rings is 1. The van der Waals surface area contributed by atoms with Gasteiger partial charge >= 0.3 is 0 Å². The highest BCUT2D eigenvalue weighted by Crippen LogP contribution is 2.42. The van der Waals surface area contributed by atoms with E-state index in [4.69, 9.17) is 11.6 Å². The molecule has 4 aromatic rings. The van der Waals surface area contributed by atoms with E-state index in [1.807, 2.05) is 22.8 Å². The van der Waals surface area contributed by atoms with Crippen molar-refractivity contribution >= 4 is 11.6 Å². The maximum atomic E-state index is 13.6. The van der Waals surface area contributed by atoms with E-state index in [1.165, 1.54) is 12.1 Å². The molecule has 6 nitrogen and oxygen atoms in total. The maximum Gasteiger partial charge on any atom is 0.242 e. The zero-order valence-corrected chi connectivity index (χ0v) is 16.4. The molecule has 2 aromatic carbocycles. The number of fused-ring (bicyclic) bond motifs is 3. The monoisotopic (exact) mass is 422 g/mol. The van der Waals surface area contributed by atoms with Gasteiger partial charge in [-0.3, -0.25) is 9.48 Å². The largest absolute Gasteiger partial charge is 0.503 e. The van der Waals surface area contributed by atoms with Crippen LogP contribution in [0.3, 0.4) is 0 Å². The summed E-state index contributed by atoms with van der Waals surface area (Å²) in [5.41, 5.74) is 1.46. The molecule has 2 aromatic heterocycles. The minimum atomic E-state index is -0.572. The molecule has 0 saturated heterocycles. The second-order valence-electron chi connectivity index (χ2n) is 7.21. The van der Waals surface area contributed by atoms with Crippen LogP contribution < -0.4 is 5.43 Å². The van der Waals surface area contributed by atoms with Gasteiger partial charge in [-0.2, -0.15) is 5.10 Å². The van der Waals surface area contributed by atoms with Gasteiger partial charge in [0.15, 0.2) is 11.6 Å². The minimum absolute atomic E-state index is 0.262. The number of hydrogen-bond acceptors (Lipinski definition) is 4. The van der Waals surface area contributed by atoms with Crippen molar-refractivity contribution in [1.29, 1.82) is 0 Å². The van der Waals surface area contributed by atoms with E-state index >= 15 is 0 Å². The second kappa shape index (κ2) is 7.11. The molecular formula is C22H16ClFN4O2. The summed E-state index contributed by atoms with van der Waals surface area (Å²) in [6.45, 7) is 0.492. The van der Waals surface area contributed by atoms with E-state index in [-0.39, 0.29) is 23.5 Å². The molecule has 0 aliphatic carbocycles. The fraction of sp³-hybridized carbons (Fsp3) is 0.136. The first-order valence-electron chi connectivity index (χ1n) is 9.36. The summed E-state index contributed by atoms with van der Waals surface area (Å²) in [6.07, 6.45) is 4.51. The standard InChI is InChI=1S/C22H16ClFN4O2/c23-15-3-1-2-14(10-15)19(13-4-6-16(24)7-5-13)17-12-27-9-8-25-22(27)20-21(30)18(29)11-26-28(17)20/h1-11,17,19,30H,12H2/t17-,19?/m1/s1. The van der Waals surface area contributed by atoms with Crippen LogP contribution in [0.1, 0.15) is 23.1 Å². The third-order valence-electron chi connectivity index (χ3n) is 5.43. The lowest BCUT2D eigenvalue weighted by atomic mass is 9.84. The Morgan fingerprint density at radius 3 is 2.73 bits per heavy atom. The summed E-state index contributed by atoms with van der Waals surface area (Å²) in [6, 6.07) is 13.4. The summed E-state index contributed by atoms with van der Waals surface area (Å²) < 4.78 is 17.1. The third kappa shape index (κ3) is 2.98. The predicted molar refractivity (Wildman–Crippen MR) is 110 cm³/mol. The first-order chi connectivity index (χ1) is 14.5. The number of aromatic nitrogens is 4. The van der Waals surface area contributed by atoms with Crippen LogP contribution in [0, 0.1) is 5.82 Å². The Kier molecular flexibility index (Phi) is 4.40. The van der Waals surface area contributed by atoms with Crippen molar-refractivity contribution in [2.75, 3.05) is 0 Å². The molecule has 1 aliphatic heterocycles. The van der Waals surface area contributed by atoms with Crippen LogP contribution in [0.25, 0.3) is 11.5 Å². The van der Waals surface area contributed by atoms with E-state index in [0.29, 0.717) is 17.4 Å². The molecule has 1 aliphatic rings. The SMILES string of the molecule is O=c1cnn2c(c1O)-c1nccn1C[C@@H]2C(c1ccc(F)cc1)c1cccc(Cl)c1. The van der Waals surface area contributed by atoms with Crippen LogP contribution in [0.5, 0.6) is 5.75 Å². The summed E-state index contributed by atoms with van der Waals surface area (Å²) in [4.78, 5) is 16.4. The lowest BCUT2D eigenvalue weighted by molar-refractivity contribution is 0.331. The fourth-order valence-corrected chi connectivity index (χ4v) is 4.32. The Morgan fingerprint density at radius 1 is 1.17 bits per heavy atom. The van der Waals surface area contributed by atoms with Crippen LogP contribution in [0.4, 0.5) is 4.39 Å². The lowest BCUT2D eigenvalue weighted by Gasteiger charge is -2.34. The van der Waals surface area contributed by atoms with E-state index in [9.17, 15) is 14.3 Å². The van der Waals surface area contributed by atoms with Gasteiger partial charge in [-0.15, -0.1) is 0 Å². The van der Waals surface area contributed by atoms with Crippen LogP contribution in [0.2, 0.25) is 5.02 Å². The zero-order chi connectivity index (χ0) is 20.8. The number of halogens is 2. The van der Waals surface area contributed by atoms with Crippen LogP contribution in [0.15, 0.2) is 71.9 Å². The summed E-state index contributed by atoms with van der Waals surface area (Å²) >= 11 is 6.27. The van der Waals surface area contributed by atoms with Gasteiger partial charge in [-0.25, -0.2) is 9.37 Å². The molecule has 0 fully saturated rings. The Morgan fingerprint density at radius 2 is 1.97 bits per heavy atom. The molecule has 0 bridgehead atoms. The molecule has 0 radical (unpaired) electrons. The van der Waals surface area contributed by atoms with Gasteiger partial charge in [0.25, 0.3) is 0 Å². The van der Waals surface area contributed by atoms with Crippen LogP contribution in [-0.2, 0) is 6.54 Å². The maximum absolute atomic E-state index is 13.6. The highest BCUT2D eigenvalue weighted by molar-refractivity contribution is 6.30. The number of benzene rings is 2. The summed E-state index contributed by atoms with van der Waals surface area (Å²) in [5, 5.41) is 15.4. The highest BCUT2D eigenvalue weighted by atomic mass is 35.5. The van der Waals surface area contributed by atoms with E-state index in [0.717, 1.165) is 17.3 Å². The molecule has 1 unspecified atom stereocenters. The molecule has 30 heavy (non-hydrogen) atoms. The van der Waals surface area contributed by atoms with Crippen molar-refractivity contribution in [1.82, 2.24) is 19.3 Å². The molecule has 3 heterocycles. The Hall–Kier alpha value is -3.45. The van der Waals surface area contributed by atoms with Gasteiger partial charge in [-0.1, -0.05) is 35.9 Å². The van der Waals surface area contributed by atoms with Crippen molar-refractivity contribution in [2.45, 2.75) is 18.5 Å². The fourth-order valence-electron chi connectivity index (χ4n) is 4.12. The van der Waals surface area contributed by atoms with Crippen molar-refractivity contribution in [2.24, 2.45) is 0 Å². The number of aromatic hydroxyl groups is 1. The summed E-state index contributed by atoms with van der Waals surface area (Å²) in [7, 11) is 0. The minimum Gasteiger partial charge on any atom is -0.503 e. The zero-order valence-electron chi connectivity index (χ0n) is 15.6. The molecule has 5 rings (SSSR count). The normalized spacial score (nSPS) is 16.0. The second-order valence-corrected chi connectivity index (χ2v) is 7.64. The van der Waals surface area contributed by atoms with Crippen LogP contribution in [-0.4, -0.2) is 24.4 Å². The van der Waals surface area contributed by atoms with Crippen molar-refractivity contribution in [3.05, 3.63) is 99.3 Å². The van der Waals surface area contributed by atoms with Gasteiger partial charge in [0.2, 0.25) is 5.43 Å². The van der Waals surface area contributed by atoms with E-state index in [1.54, 1.807) is 35.3 Å². The highest BCUT2D eigenvalue weighted by Gasteiger charge is 2.35. The van der Waals surface area contributed by atoms with Gasteiger partial charge < -0.3 is 9.67 Å². The summed E-state index contributed by atoms with van der Waals surface area (Å²) in [5.74, 6) is -0.527. The molecule has 2 atom stereocenters. The van der Waals surface area contributed by atoms with Gasteiger partial charge in [0.05, 0.1) is 12.2 Å². The number of rotatable bonds is 3. The number of hydrogen-bond donors (Lipinski definition) is 1. The third-order valence-corrected chi connectivity index (χ3v) is 5.67. The molecule has 1 N–H and O–H groups in total. The van der Waals surface area contributed by atoms with Crippen molar-refractivity contribution in [3.63, 3.8) is 0 Å². The van der Waals surface area contributed by atoms with E-state index in [2.05, 4.69) is 10.1 Å². The molecule has 150 valence electrons. The molecular weight excluding hydrogens is 407 g/mol. The number of nitrogens with zero attached hydrogens (tertiary/aromatic N) is 4. The molecule has 8 heteroatoms. The molecule has 0 spiro atoms. The average Bonchev–Trinajstić information content (AvgIpc) is 3.20. The molecule has 0 amide bonds. The Balaban J connectivity index is 1.76. The van der Waals surface area contributed by atoms with E-state index < -0.39 is 11.2 Å². The average molecular weight is 423 g/mol. The first-order valence-corrected chi connectivity index (χ1v) is 9.74. The predicted octanol–water partition coefficient (Wildman–Crippen LogP) is 3.99. The van der Waals surface area contributed by atoms with Gasteiger partial charge in [0.1, 0.15) is 11.5 Å². The lowest BCUT2D eigenvalue weighted by Crippen LogP contribution is -2.32. The van der Waals surface area contributed by atoms with Crippen LogP contribution >= 0.6 is 11.6 Å². The smallest absolute Gasteiger partial charge is 0.242 e. The topological polar surface area (TPSA) is 72.9 Å². The molecule has 0 saturated carbocycles. The van der Waals surface area contributed by atoms with Crippen molar-refractivity contribution < 1.29 is 9.50 Å². The van der Waals surface area contributed by atoms with Gasteiger partial charge in [0, 0.05) is 29.9 Å².